The number of likely N-dealkylation sites (tertiary alicyclic amines) is 1. The molecule has 0 spiro atoms. The van der Waals surface area contributed by atoms with Gasteiger partial charge in [-0.3, -0.25) is 4.79 Å². The molecular formula is C29H29F2NO5. The molecule has 0 unspecified atom stereocenters. The monoisotopic (exact) mass is 509 g/mol. The molecule has 4 rings (SSSR count). The van der Waals surface area contributed by atoms with Crippen LogP contribution in [0.1, 0.15) is 49.5 Å². The highest BCUT2D eigenvalue weighted by Crippen LogP contribution is 2.29. The topological polar surface area (TPSA) is 76.1 Å². The van der Waals surface area contributed by atoms with Gasteiger partial charge in [-0.2, -0.15) is 4.39 Å². The van der Waals surface area contributed by atoms with Crippen molar-refractivity contribution in [3.8, 4) is 22.6 Å². The number of halogens is 2. The number of phenols is 1. The Bertz CT molecular complexity index is 1280. The summed E-state index contributed by atoms with van der Waals surface area (Å²) in [5.74, 6) is -3.24. The van der Waals surface area contributed by atoms with Crippen molar-refractivity contribution in [1.29, 1.82) is 0 Å². The maximum Gasteiger partial charge on any atom is 0.329 e. The van der Waals surface area contributed by atoms with E-state index in [-0.39, 0.29) is 18.5 Å². The minimum atomic E-state index is -1.28. The summed E-state index contributed by atoms with van der Waals surface area (Å²) in [6.45, 7) is 6.09. The standard InChI is InChI=1S/C29H29F2NO5/c1-29(2,3)37-28(35)24-8-5-13-32(24)27(34)20-7-4-6-18(14-20)17-36-22-11-9-19(10-12-22)21-15-23(30)26(31)25(33)16-21/h4,6-7,9-12,14-16,24,33H,5,8,13,17H2,1-3H3/t24-/m0/s1. The van der Waals surface area contributed by atoms with Crippen molar-refractivity contribution in [3.63, 3.8) is 0 Å². The van der Waals surface area contributed by atoms with Crippen LogP contribution in [0.25, 0.3) is 11.1 Å². The van der Waals surface area contributed by atoms with E-state index in [9.17, 15) is 23.5 Å². The molecule has 1 heterocycles. The van der Waals surface area contributed by atoms with Crippen LogP contribution in [0.4, 0.5) is 8.78 Å². The number of benzene rings is 3. The quantitative estimate of drug-likeness (QED) is 0.421. The molecule has 1 atom stereocenters. The molecule has 0 aliphatic carbocycles. The van der Waals surface area contributed by atoms with Crippen LogP contribution in [-0.2, 0) is 16.1 Å². The molecule has 8 heteroatoms. The van der Waals surface area contributed by atoms with Crippen molar-refractivity contribution in [1.82, 2.24) is 4.90 Å². The molecule has 1 aliphatic rings. The summed E-state index contributed by atoms with van der Waals surface area (Å²) in [5, 5.41) is 9.53. The molecule has 0 aromatic heterocycles. The van der Waals surface area contributed by atoms with Gasteiger partial charge in [-0.25, -0.2) is 9.18 Å². The maximum absolute atomic E-state index is 13.6. The molecule has 0 saturated carbocycles. The Balaban J connectivity index is 1.41. The van der Waals surface area contributed by atoms with Crippen LogP contribution in [-0.4, -0.2) is 40.1 Å². The molecule has 1 amide bonds. The van der Waals surface area contributed by atoms with Gasteiger partial charge in [0.25, 0.3) is 5.91 Å². The van der Waals surface area contributed by atoms with Crippen LogP contribution in [0.3, 0.4) is 0 Å². The highest BCUT2D eigenvalue weighted by Gasteiger charge is 2.37. The van der Waals surface area contributed by atoms with Gasteiger partial charge in [-0.05, 0) is 86.7 Å². The second-order valence-corrected chi connectivity index (χ2v) is 9.99. The van der Waals surface area contributed by atoms with Crippen LogP contribution < -0.4 is 4.74 Å². The van der Waals surface area contributed by atoms with Crippen molar-refractivity contribution in [2.24, 2.45) is 0 Å². The summed E-state index contributed by atoms with van der Waals surface area (Å²) < 4.78 is 38.3. The lowest BCUT2D eigenvalue weighted by Crippen LogP contribution is -2.43. The van der Waals surface area contributed by atoms with E-state index in [1.165, 1.54) is 0 Å². The molecule has 1 N–H and O–H groups in total. The van der Waals surface area contributed by atoms with Crippen LogP contribution in [0, 0.1) is 11.6 Å². The van der Waals surface area contributed by atoms with Crippen LogP contribution in [0.5, 0.6) is 11.5 Å². The van der Waals surface area contributed by atoms with Crippen LogP contribution >= 0.6 is 0 Å². The number of ether oxygens (including phenoxy) is 2. The largest absolute Gasteiger partial charge is 0.505 e. The molecule has 1 fully saturated rings. The second-order valence-electron chi connectivity index (χ2n) is 9.99. The Morgan fingerprint density at radius 1 is 1.03 bits per heavy atom. The first-order chi connectivity index (χ1) is 17.5. The number of phenolic OH excluding ortho intramolecular Hbond substituents is 1. The predicted octanol–water partition coefficient (Wildman–Crippen LogP) is 5.86. The number of carbonyl (C=O) groups is 2. The molecule has 37 heavy (non-hydrogen) atoms. The van der Waals surface area contributed by atoms with Crippen LogP contribution in [0.2, 0.25) is 0 Å². The summed E-state index contributed by atoms with van der Waals surface area (Å²) in [4.78, 5) is 27.4. The molecule has 1 saturated heterocycles. The lowest BCUT2D eigenvalue weighted by atomic mass is 10.0. The highest BCUT2D eigenvalue weighted by atomic mass is 19.2. The van der Waals surface area contributed by atoms with Gasteiger partial charge in [-0.15, -0.1) is 0 Å². The van der Waals surface area contributed by atoms with Crippen molar-refractivity contribution in [3.05, 3.63) is 83.4 Å². The lowest BCUT2D eigenvalue weighted by molar-refractivity contribution is -0.159. The second kappa shape index (κ2) is 10.6. The van der Waals surface area contributed by atoms with Gasteiger partial charge in [0.2, 0.25) is 0 Å². The molecule has 3 aromatic rings. The molecule has 194 valence electrons. The van der Waals surface area contributed by atoms with E-state index in [0.717, 1.165) is 24.1 Å². The van der Waals surface area contributed by atoms with E-state index < -0.39 is 29.0 Å². The predicted molar refractivity (Wildman–Crippen MR) is 134 cm³/mol. The van der Waals surface area contributed by atoms with Gasteiger partial charge in [0.15, 0.2) is 17.4 Å². The van der Waals surface area contributed by atoms with Gasteiger partial charge in [0, 0.05) is 12.1 Å². The Morgan fingerprint density at radius 2 is 1.76 bits per heavy atom. The van der Waals surface area contributed by atoms with Gasteiger partial charge >= 0.3 is 5.97 Å². The third-order valence-electron chi connectivity index (χ3n) is 5.97. The first-order valence-electron chi connectivity index (χ1n) is 12.1. The Morgan fingerprint density at radius 3 is 2.43 bits per heavy atom. The third kappa shape index (κ3) is 6.25. The first kappa shape index (κ1) is 26.1. The van der Waals surface area contributed by atoms with Crippen molar-refractivity contribution in [2.75, 3.05) is 6.54 Å². The average molecular weight is 510 g/mol. The summed E-state index contributed by atoms with van der Waals surface area (Å²) in [7, 11) is 0. The summed E-state index contributed by atoms with van der Waals surface area (Å²) >= 11 is 0. The number of esters is 1. The maximum atomic E-state index is 13.6. The molecule has 0 radical (unpaired) electrons. The van der Waals surface area contributed by atoms with Gasteiger partial charge in [0.05, 0.1) is 0 Å². The number of aromatic hydroxyl groups is 1. The smallest absolute Gasteiger partial charge is 0.329 e. The first-order valence-corrected chi connectivity index (χ1v) is 12.1. The number of carbonyl (C=O) groups excluding carboxylic acids is 2. The Kier molecular flexibility index (Phi) is 7.47. The average Bonchev–Trinajstić information content (AvgIpc) is 3.35. The molecule has 3 aromatic carbocycles. The number of amides is 1. The minimum absolute atomic E-state index is 0.196. The molecular weight excluding hydrogens is 480 g/mol. The molecule has 0 bridgehead atoms. The third-order valence-corrected chi connectivity index (χ3v) is 5.97. The zero-order valence-electron chi connectivity index (χ0n) is 21.0. The van der Waals surface area contributed by atoms with Gasteiger partial charge in [-0.1, -0.05) is 24.3 Å². The van der Waals surface area contributed by atoms with Crippen molar-refractivity contribution >= 4 is 11.9 Å². The van der Waals surface area contributed by atoms with Gasteiger partial charge in [0.1, 0.15) is 24.0 Å². The van der Waals surface area contributed by atoms with E-state index in [0.29, 0.717) is 35.4 Å². The number of hydrogen-bond acceptors (Lipinski definition) is 5. The number of rotatable bonds is 6. The fraction of sp³-hybridized carbons (Fsp3) is 0.310. The van der Waals surface area contributed by atoms with E-state index in [4.69, 9.17) is 9.47 Å². The van der Waals surface area contributed by atoms with Crippen molar-refractivity contribution in [2.45, 2.75) is 51.9 Å². The van der Waals surface area contributed by atoms with E-state index >= 15 is 0 Å². The highest BCUT2D eigenvalue weighted by molar-refractivity contribution is 5.97. The summed E-state index contributed by atoms with van der Waals surface area (Å²) in [5.41, 5.74) is 1.53. The van der Waals surface area contributed by atoms with Crippen LogP contribution in [0.15, 0.2) is 60.7 Å². The fourth-order valence-corrected chi connectivity index (χ4v) is 4.24. The Hall–Kier alpha value is -3.94. The van der Waals surface area contributed by atoms with Gasteiger partial charge < -0.3 is 19.5 Å². The number of hydrogen-bond donors (Lipinski definition) is 1. The zero-order valence-corrected chi connectivity index (χ0v) is 21.0. The summed E-state index contributed by atoms with van der Waals surface area (Å²) in [6.07, 6.45) is 1.31. The summed E-state index contributed by atoms with van der Waals surface area (Å²) in [6, 6.07) is 15.3. The van der Waals surface area contributed by atoms with E-state index in [1.54, 1.807) is 68.1 Å². The Labute approximate surface area is 214 Å². The number of nitrogens with zero attached hydrogens (tertiary/aromatic N) is 1. The van der Waals surface area contributed by atoms with Crippen molar-refractivity contribution < 1.29 is 33.0 Å². The van der Waals surface area contributed by atoms with E-state index in [1.807, 2.05) is 6.07 Å². The molecule has 1 aliphatic heterocycles. The lowest BCUT2D eigenvalue weighted by Gasteiger charge is -2.27. The SMILES string of the molecule is CC(C)(C)OC(=O)[C@@H]1CCCN1C(=O)c1cccc(COc2ccc(-c3cc(O)c(F)c(F)c3)cc2)c1. The fourth-order valence-electron chi connectivity index (χ4n) is 4.24. The van der Waals surface area contributed by atoms with E-state index in [2.05, 4.69) is 0 Å². The molecule has 6 nitrogen and oxygen atoms in total. The normalized spacial score (nSPS) is 15.5. The minimum Gasteiger partial charge on any atom is -0.505 e. The zero-order chi connectivity index (χ0) is 26.7.